The maximum Gasteiger partial charge on any atom is 0.315 e. The van der Waals surface area contributed by atoms with Crippen molar-refractivity contribution in [1.82, 2.24) is 10.6 Å². The van der Waals surface area contributed by atoms with Gasteiger partial charge in [0.15, 0.2) is 0 Å². The van der Waals surface area contributed by atoms with Crippen molar-refractivity contribution >= 4 is 6.03 Å². The quantitative estimate of drug-likeness (QED) is 0.788. The minimum absolute atomic E-state index is 0.00354. The highest BCUT2D eigenvalue weighted by Gasteiger charge is 2.23. The molecule has 6 heteroatoms. The van der Waals surface area contributed by atoms with Crippen molar-refractivity contribution in [3.05, 3.63) is 71.0 Å². The second kappa shape index (κ2) is 7.57. The number of benzene rings is 2. The lowest BCUT2D eigenvalue weighted by Gasteiger charge is -2.24. The fraction of sp³-hybridized carbons (Fsp3) is 0.222. The average molecular weight is 327 g/mol. The van der Waals surface area contributed by atoms with Crippen molar-refractivity contribution in [1.29, 1.82) is 5.26 Å². The molecule has 0 bridgehead atoms. The number of hydrogen-bond donors (Lipinski definition) is 3. The molecule has 124 valence electrons. The summed E-state index contributed by atoms with van der Waals surface area (Å²) >= 11 is 0. The number of hydrogen-bond acceptors (Lipinski definition) is 3. The topological polar surface area (TPSA) is 85.2 Å². The molecule has 0 aliphatic heterocycles. The van der Waals surface area contributed by atoms with Crippen LogP contribution in [0.15, 0.2) is 48.5 Å². The van der Waals surface area contributed by atoms with E-state index in [-0.39, 0.29) is 18.7 Å². The van der Waals surface area contributed by atoms with E-state index in [1.165, 1.54) is 18.2 Å². The van der Waals surface area contributed by atoms with E-state index in [2.05, 4.69) is 10.6 Å². The predicted octanol–water partition coefficient (Wildman–Crippen LogP) is 2.40. The second-order valence-electron chi connectivity index (χ2n) is 5.59. The molecule has 2 aromatic carbocycles. The Bertz CT molecular complexity index is 755. The molecule has 0 aromatic heterocycles. The van der Waals surface area contributed by atoms with Crippen LogP contribution in [-0.4, -0.2) is 17.7 Å². The highest BCUT2D eigenvalue weighted by atomic mass is 19.1. The van der Waals surface area contributed by atoms with Crippen LogP contribution in [0.2, 0.25) is 0 Å². The zero-order valence-corrected chi connectivity index (χ0v) is 13.2. The Labute approximate surface area is 139 Å². The summed E-state index contributed by atoms with van der Waals surface area (Å²) in [5.74, 6) is -0.495. The molecular weight excluding hydrogens is 309 g/mol. The lowest BCUT2D eigenvalue weighted by molar-refractivity contribution is 0.0594. The number of amides is 2. The number of urea groups is 1. The van der Waals surface area contributed by atoms with Gasteiger partial charge in [0, 0.05) is 12.1 Å². The average Bonchev–Trinajstić information content (AvgIpc) is 2.60. The van der Waals surface area contributed by atoms with E-state index < -0.39 is 17.4 Å². The lowest BCUT2D eigenvalue weighted by atomic mass is 9.96. The molecule has 0 heterocycles. The number of carbonyl (C=O) groups is 1. The number of nitrogens with one attached hydrogen (secondary N) is 2. The first-order chi connectivity index (χ1) is 11.4. The van der Waals surface area contributed by atoms with E-state index in [0.29, 0.717) is 11.1 Å². The van der Waals surface area contributed by atoms with E-state index in [1.807, 2.05) is 12.1 Å². The van der Waals surface area contributed by atoms with Gasteiger partial charge in [0.2, 0.25) is 0 Å². The van der Waals surface area contributed by atoms with Gasteiger partial charge in [-0.25, -0.2) is 9.18 Å². The van der Waals surface area contributed by atoms with E-state index in [0.717, 1.165) is 0 Å². The highest BCUT2D eigenvalue weighted by Crippen LogP contribution is 2.18. The van der Waals surface area contributed by atoms with Crippen LogP contribution in [0.4, 0.5) is 9.18 Å². The van der Waals surface area contributed by atoms with E-state index >= 15 is 0 Å². The molecule has 0 aliphatic carbocycles. The summed E-state index contributed by atoms with van der Waals surface area (Å²) in [5.41, 5.74) is 0.00241. The van der Waals surface area contributed by atoms with Crippen LogP contribution in [0.3, 0.4) is 0 Å². The van der Waals surface area contributed by atoms with Gasteiger partial charge in [-0.05, 0) is 30.7 Å². The molecule has 3 N–H and O–H groups in total. The lowest BCUT2D eigenvalue weighted by Crippen LogP contribution is -2.43. The van der Waals surface area contributed by atoms with Crippen molar-refractivity contribution in [3.63, 3.8) is 0 Å². The van der Waals surface area contributed by atoms with Crippen LogP contribution < -0.4 is 10.6 Å². The van der Waals surface area contributed by atoms with Crippen LogP contribution >= 0.6 is 0 Å². The molecule has 24 heavy (non-hydrogen) atoms. The monoisotopic (exact) mass is 327 g/mol. The van der Waals surface area contributed by atoms with Gasteiger partial charge in [-0.15, -0.1) is 0 Å². The van der Waals surface area contributed by atoms with Crippen LogP contribution in [0.25, 0.3) is 0 Å². The van der Waals surface area contributed by atoms with E-state index in [9.17, 15) is 14.3 Å². The maximum atomic E-state index is 13.6. The number of carbonyl (C=O) groups excluding carboxylic acids is 1. The molecule has 2 rings (SSSR count). The first-order valence-corrected chi connectivity index (χ1v) is 7.40. The summed E-state index contributed by atoms with van der Waals surface area (Å²) in [4.78, 5) is 11.8. The Balaban J connectivity index is 1.89. The highest BCUT2D eigenvalue weighted by molar-refractivity contribution is 5.74. The largest absolute Gasteiger partial charge is 0.384 e. The standard InChI is InChI=1S/C18H18FN3O2/c1-18(24,15-5-3-2-4-6-15)12-22-17(23)21-11-14-9-13(10-20)7-8-16(14)19/h2-9,24H,11-12H2,1H3,(H2,21,22,23). The number of aliphatic hydroxyl groups is 1. The molecule has 0 saturated heterocycles. The van der Waals surface area contributed by atoms with Crippen LogP contribution in [0.1, 0.15) is 23.6 Å². The van der Waals surface area contributed by atoms with Gasteiger partial charge in [0.1, 0.15) is 11.4 Å². The van der Waals surface area contributed by atoms with Crippen molar-refractivity contribution in [2.45, 2.75) is 19.1 Å². The number of halogens is 1. The summed E-state index contributed by atoms with van der Waals surface area (Å²) in [6.45, 7) is 1.54. The maximum absolute atomic E-state index is 13.6. The molecule has 2 aromatic rings. The van der Waals surface area contributed by atoms with Crippen LogP contribution in [-0.2, 0) is 12.1 Å². The van der Waals surface area contributed by atoms with Gasteiger partial charge >= 0.3 is 6.03 Å². The van der Waals surface area contributed by atoms with Crippen LogP contribution in [0, 0.1) is 17.1 Å². The van der Waals surface area contributed by atoms with Gasteiger partial charge in [-0.1, -0.05) is 30.3 Å². The third-order valence-corrected chi connectivity index (χ3v) is 3.60. The Morgan fingerprint density at radius 2 is 1.96 bits per heavy atom. The van der Waals surface area contributed by atoms with Crippen molar-refractivity contribution in [3.8, 4) is 6.07 Å². The molecule has 0 radical (unpaired) electrons. The van der Waals surface area contributed by atoms with Gasteiger partial charge in [0.25, 0.3) is 0 Å². The number of rotatable bonds is 5. The summed E-state index contributed by atoms with van der Waals surface area (Å²) in [7, 11) is 0. The molecule has 0 aliphatic rings. The molecule has 0 fully saturated rings. The molecule has 2 amide bonds. The molecular formula is C18H18FN3O2. The second-order valence-corrected chi connectivity index (χ2v) is 5.59. The van der Waals surface area contributed by atoms with Gasteiger partial charge < -0.3 is 15.7 Å². The third-order valence-electron chi connectivity index (χ3n) is 3.60. The molecule has 0 spiro atoms. The minimum Gasteiger partial charge on any atom is -0.384 e. The van der Waals surface area contributed by atoms with Gasteiger partial charge in [-0.2, -0.15) is 5.26 Å². The zero-order chi connectivity index (χ0) is 17.6. The van der Waals surface area contributed by atoms with Gasteiger partial charge in [-0.3, -0.25) is 0 Å². The predicted molar refractivity (Wildman–Crippen MR) is 87.4 cm³/mol. The number of nitriles is 1. The smallest absolute Gasteiger partial charge is 0.315 e. The Morgan fingerprint density at radius 1 is 1.25 bits per heavy atom. The molecule has 0 saturated carbocycles. The van der Waals surface area contributed by atoms with Crippen molar-refractivity contribution in [2.75, 3.05) is 6.54 Å². The summed E-state index contributed by atoms with van der Waals surface area (Å²) < 4.78 is 13.6. The van der Waals surface area contributed by atoms with Gasteiger partial charge in [0.05, 0.1) is 18.2 Å². The minimum atomic E-state index is -1.22. The third kappa shape index (κ3) is 4.54. The van der Waals surface area contributed by atoms with E-state index in [4.69, 9.17) is 5.26 Å². The first kappa shape index (κ1) is 17.4. The normalized spacial score (nSPS) is 12.8. The summed E-state index contributed by atoms with van der Waals surface area (Å²) in [6, 6.07) is 14.3. The zero-order valence-electron chi connectivity index (χ0n) is 13.2. The van der Waals surface area contributed by atoms with Crippen molar-refractivity contribution < 1.29 is 14.3 Å². The fourth-order valence-electron chi connectivity index (χ4n) is 2.17. The Kier molecular flexibility index (Phi) is 5.51. The van der Waals surface area contributed by atoms with Crippen LogP contribution in [0.5, 0.6) is 0 Å². The van der Waals surface area contributed by atoms with E-state index in [1.54, 1.807) is 31.2 Å². The first-order valence-electron chi connectivity index (χ1n) is 7.40. The summed E-state index contributed by atoms with van der Waals surface area (Å²) in [6.07, 6.45) is 0. The Hall–Kier alpha value is -2.91. The molecule has 1 atom stereocenters. The number of nitrogens with zero attached hydrogens (tertiary/aromatic N) is 1. The molecule has 1 unspecified atom stereocenters. The Morgan fingerprint density at radius 3 is 2.62 bits per heavy atom. The van der Waals surface area contributed by atoms with Crippen molar-refractivity contribution in [2.24, 2.45) is 0 Å². The summed E-state index contributed by atoms with van der Waals surface area (Å²) in [5, 5.41) is 24.3. The fourth-order valence-corrected chi connectivity index (χ4v) is 2.17. The SMILES string of the molecule is CC(O)(CNC(=O)NCc1cc(C#N)ccc1F)c1ccccc1. The molecule has 5 nitrogen and oxygen atoms in total.